The van der Waals surface area contributed by atoms with E-state index in [0.29, 0.717) is 10.8 Å². The van der Waals surface area contributed by atoms with Gasteiger partial charge in [0.25, 0.3) is 0 Å². The van der Waals surface area contributed by atoms with E-state index in [4.69, 9.17) is 0 Å². The number of rotatable bonds is 4. The predicted octanol–water partition coefficient (Wildman–Crippen LogP) is 2.93. The molecule has 0 saturated heterocycles. The number of thiazole rings is 1. The number of hydrogen-bond acceptors (Lipinski definition) is 6. The molecule has 0 bridgehead atoms. The van der Waals surface area contributed by atoms with E-state index in [1.165, 1.54) is 11.3 Å². The van der Waals surface area contributed by atoms with E-state index in [9.17, 15) is 9.90 Å². The Kier molecular flexibility index (Phi) is 3.51. The average Bonchev–Trinajstić information content (AvgIpc) is 3.18. The molecule has 0 aliphatic heterocycles. The molecular weight excluding hydrogens is 326 g/mol. The Morgan fingerprint density at radius 2 is 2.21 bits per heavy atom. The highest BCUT2D eigenvalue weighted by Gasteiger charge is 2.11. The summed E-state index contributed by atoms with van der Waals surface area (Å²) in [6.45, 7) is 0.0838. The number of H-pyrrole nitrogens is 1. The minimum atomic E-state index is -0.208. The minimum absolute atomic E-state index is 0.0838. The second-order valence-corrected chi connectivity index (χ2v) is 6.22. The van der Waals surface area contributed by atoms with Gasteiger partial charge in [0, 0.05) is 17.1 Å². The van der Waals surface area contributed by atoms with Crippen LogP contribution in [0.5, 0.6) is 5.75 Å². The first kappa shape index (κ1) is 14.5. The summed E-state index contributed by atoms with van der Waals surface area (Å²) in [5.41, 5.74) is 2.44. The van der Waals surface area contributed by atoms with Crippen LogP contribution in [0, 0.1) is 0 Å². The normalized spacial score (nSPS) is 11.0. The number of phenolic OH excluding ortho intramolecular Hbond substituents is 1. The number of anilines is 2. The molecule has 4 rings (SSSR count). The summed E-state index contributed by atoms with van der Waals surface area (Å²) < 4.78 is 0.984. The Hall–Kier alpha value is -3.13. The first-order chi connectivity index (χ1) is 11.7. The Morgan fingerprint density at radius 3 is 3.08 bits per heavy atom. The van der Waals surface area contributed by atoms with Crippen LogP contribution in [0.15, 0.2) is 42.6 Å². The van der Waals surface area contributed by atoms with Crippen LogP contribution >= 0.6 is 11.3 Å². The molecule has 2 aromatic heterocycles. The maximum Gasteiger partial charge on any atom is 0.245 e. The van der Waals surface area contributed by atoms with Gasteiger partial charge in [-0.05, 0) is 24.3 Å². The SMILES string of the molecule is O=C(CNc1cccc(O)c1)Nc1nc2ccc3[nH]ncc3c2s1. The van der Waals surface area contributed by atoms with E-state index < -0.39 is 0 Å². The number of amides is 1. The van der Waals surface area contributed by atoms with Gasteiger partial charge in [-0.2, -0.15) is 5.10 Å². The van der Waals surface area contributed by atoms with Crippen LogP contribution in [-0.2, 0) is 4.79 Å². The van der Waals surface area contributed by atoms with Crippen molar-refractivity contribution < 1.29 is 9.90 Å². The van der Waals surface area contributed by atoms with Gasteiger partial charge in [-0.1, -0.05) is 17.4 Å². The molecule has 0 radical (unpaired) electrons. The second kappa shape index (κ2) is 5.82. The molecule has 0 fully saturated rings. The third kappa shape index (κ3) is 2.74. The summed E-state index contributed by atoms with van der Waals surface area (Å²) >= 11 is 1.41. The van der Waals surface area contributed by atoms with Crippen molar-refractivity contribution in [3.05, 3.63) is 42.6 Å². The molecule has 8 heteroatoms. The lowest BCUT2D eigenvalue weighted by atomic mass is 10.2. The lowest BCUT2D eigenvalue weighted by Gasteiger charge is -2.06. The van der Waals surface area contributed by atoms with Crippen LogP contribution in [0.4, 0.5) is 10.8 Å². The molecule has 0 unspecified atom stereocenters. The highest BCUT2D eigenvalue weighted by atomic mass is 32.1. The zero-order valence-corrected chi connectivity index (χ0v) is 13.2. The molecule has 4 N–H and O–H groups in total. The molecule has 24 heavy (non-hydrogen) atoms. The summed E-state index contributed by atoms with van der Waals surface area (Å²) in [7, 11) is 0. The molecule has 0 saturated carbocycles. The number of hydrogen-bond donors (Lipinski definition) is 4. The number of nitrogens with one attached hydrogen (secondary N) is 3. The van der Waals surface area contributed by atoms with Gasteiger partial charge in [0.15, 0.2) is 5.13 Å². The van der Waals surface area contributed by atoms with Crippen LogP contribution in [0.25, 0.3) is 21.1 Å². The number of benzene rings is 2. The van der Waals surface area contributed by atoms with E-state index in [2.05, 4.69) is 25.8 Å². The van der Waals surface area contributed by atoms with Gasteiger partial charge < -0.3 is 15.7 Å². The van der Waals surface area contributed by atoms with Gasteiger partial charge in [0.05, 0.1) is 28.5 Å². The fourth-order valence-corrected chi connectivity index (χ4v) is 3.41. The Bertz CT molecular complexity index is 1040. The third-order valence-corrected chi connectivity index (χ3v) is 4.54. The Labute approximate surface area is 140 Å². The maximum absolute atomic E-state index is 12.1. The molecule has 0 aliphatic carbocycles. The minimum Gasteiger partial charge on any atom is -0.508 e. The summed E-state index contributed by atoms with van der Waals surface area (Å²) in [6, 6.07) is 10.4. The van der Waals surface area contributed by atoms with Crippen molar-refractivity contribution in [3.8, 4) is 5.75 Å². The molecule has 0 spiro atoms. The molecule has 2 aromatic carbocycles. The number of aromatic amines is 1. The largest absolute Gasteiger partial charge is 0.508 e. The van der Waals surface area contributed by atoms with E-state index in [1.54, 1.807) is 30.5 Å². The number of carbonyl (C=O) groups is 1. The van der Waals surface area contributed by atoms with Crippen molar-refractivity contribution in [2.24, 2.45) is 0 Å². The number of phenols is 1. The van der Waals surface area contributed by atoms with Gasteiger partial charge in [0.1, 0.15) is 5.75 Å². The number of nitrogens with zero attached hydrogens (tertiary/aromatic N) is 2. The number of fused-ring (bicyclic) bond motifs is 3. The molecule has 0 atom stereocenters. The van der Waals surface area contributed by atoms with E-state index in [-0.39, 0.29) is 18.2 Å². The molecule has 4 aromatic rings. The molecule has 1 amide bonds. The van der Waals surface area contributed by atoms with Gasteiger partial charge in [0.2, 0.25) is 5.91 Å². The van der Waals surface area contributed by atoms with Gasteiger partial charge >= 0.3 is 0 Å². The molecule has 7 nitrogen and oxygen atoms in total. The first-order valence-corrected chi connectivity index (χ1v) is 8.06. The van der Waals surface area contributed by atoms with Crippen molar-refractivity contribution in [1.29, 1.82) is 0 Å². The topological polar surface area (TPSA) is 103 Å². The summed E-state index contributed by atoms with van der Waals surface area (Å²) in [5, 5.41) is 23.6. The van der Waals surface area contributed by atoms with Gasteiger partial charge in [-0.25, -0.2) is 4.98 Å². The molecular formula is C16H13N5O2S. The average molecular weight is 339 g/mol. The molecule has 2 heterocycles. The first-order valence-electron chi connectivity index (χ1n) is 7.24. The monoisotopic (exact) mass is 339 g/mol. The highest BCUT2D eigenvalue weighted by Crippen LogP contribution is 2.31. The van der Waals surface area contributed by atoms with Gasteiger partial charge in [-0.3, -0.25) is 9.89 Å². The van der Waals surface area contributed by atoms with E-state index >= 15 is 0 Å². The van der Waals surface area contributed by atoms with Crippen LogP contribution in [0.2, 0.25) is 0 Å². The van der Waals surface area contributed by atoms with Crippen LogP contribution in [-0.4, -0.2) is 32.7 Å². The number of carbonyl (C=O) groups excluding carboxylic acids is 1. The zero-order chi connectivity index (χ0) is 16.5. The number of aromatic hydroxyl groups is 1. The highest BCUT2D eigenvalue weighted by molar-refractivity contribution is 7.23. The molecule has 0 aliphatic rings. The third-order valence-electron chi connectivity index (χ3n) is 3.52. The standard InChI is InChI=1S/C16H13N5O2S/c22-10-3-1-2-9(6-10)17-8-14(23)20-16-19-13-5-4-12-11(7-18-21-12)15(13)24-16/h1-7,17,22H,8H2,(H,18,21)(H,19,20,23). The summed E-state index contributed by atoms with van der Waals surface area (Å²) in [5.74, 6) is -0.0588. The quantitative estimate of drug-likeness (QED) is 0.458. The lowest BCUT2D eigenvalue weighted by Crippen LogP contribution is -2.21. The van der Waals surface area contributed by atoms with Crippen LogP contribution in [0.1, 0.15) is 0 Å². The predicted molar refractivity (Wildman–Crippen MR) is 94.5 cm³/mol. The van der Waals surface area contributed by atoms with Crippen LogP contribution < -0.4 is 10.6 Å². The van der Waals surface area contributed by atoms with Crippen molar-refractivity contribution in [3.63, 3.8) is 0 Å². The van der Waals surface area contributed by atoms with Crippen LogP contribution in [0.3, 0.4) is 0 Å². The second-order valence-electron chi connectivity index (χ2n) is 5.22. The maximum atomic E-state index is 12.1. The zero-order valence-electron chi connectivity index (χ0n) is 12.4. The molecule has 120 valence electrons. The number of aromatic nitrogens is 3. The Morgan fingerprint density at radius 1 is 1.29 bits per heavy atom. The summed E-state index contributed by atoms with van der Waals surface area (Å²) in [6.07, 6.45) is 1.75. The van der Waals surface area contributed by atoms with Crippen molar-refractivity contribution >= 4 is 49.2 Å². The van der Waals surface area contributed by atoms with Gasteiger partial charge in [-0.15, -0.1) is 0 Å². The Balaban J connectivity index is 1.48. The van der Waals surface area contributed by atoms with Crippen molar-refractivity contribution in [1.82, 2.24) is 15.2 Å². The fourth-order valence-electron chi connectivity index (χ4n) is 2.42. The van der Waals surface area contributed by atoms with Crippen molar-refractivity contribution in [2.45, 2.75) is 0 Å². The van der Waals surface area contributed by atoms with E-state index in [0.717, 1.165) is 21.1 Å². The summed E-state index contributed by atoms with van der Waals surface area (Å²) in [4.78, 5) is 16.5. The van der Waals surface area contributed by atoms with E-state index in [1.807, 2.05) is 12.1 Å². The van der Waals surface area contributed by atoms with Crippen molar-refractivity contribution in [2.75, 3.05) is 17.2 Å². The fraction of sp³-hybridized carbons (Fsp3) is 0.0625. The smallest absolute Gasteiger partial charge is 0.245 e. The lowest BCUT2D eigenvalue weighted by molar-refractivity contribution is -0.114.